The van der Waals surface area contributed by atoms with Crippen LogP contribution in [0.3, 0.4) is 0 Å². The van der Waals surface area contributed by atoms with E-state index in [2.05, 4.69) is 10.6 Å². The van der Waals surface area contributed by atoms with Crippen molar-refractivity contribution in [1.82, 2.24) is 10.6 Å². The van der Waals surface area contributed by atoms with Crippen LogP contribution in [-0.2, 0) is 4.79 Å². The molecule has 1 aliphatic rings. The molecule has 2 atom stereocenters. The predicted octanol–water partition coefficient (Wildman–Crippen LogP) is 0.509. The number of piperidine rings is 1. The Labute approximate surface area is 97.8 Å². The fraction of sp³-hybridized carbons (Fsp3) is 0.917. The van der Waals surface area contributed by atoms with Crippen LogP contribution in [0.5, 0.6) is 0 Å². The molecule has 1 saturated heterocycles. The van der Waals surface area contributed by atoms with Crippen molar-refractivity contribution in [3.8, 4) is 0 Å². The molecule has 16 heavy (non-hydrogen) atoms. The van der Waals surface area contributed by atoms with E-state index in [1.807, 2.05) is 20.8 Å². The molecule has 1 amide bonds. The number of carbonyl (C=O) groups is 1. The van der Waals surface area contributed by atoms with Gasteiger partial charge in [0.15, 0.2) is 0 Å². The highest BCUT2D eigenvalue weighted by Gasteiger charge is 2.37. The van der Waals surface area contributed by atoms with Crippen molar-refractivity contribution >= 4 is 5.91 Å². The van der Waals surface area contributed by atoms with Gasteiger partial charge in [-0.25, -0.2) is 0 Å². The van der Waals surface area contributed by atoms with Gasteiger partial charge in [0.2, 0.25) is 5.91 Å². The smallest absolute Gasteiger partial charge is 0.226 e. The second-order valence-corrected chi connectivity index (χ2v) is 5.32. The number of amides is 1. The Kier molecular flexibility index (Phi) is 4.74. The molecule has 0 saturated carbocycles. The Bertz CT molecular complexity index is 235. The molecular weight excluding hydrogens is 204 g/mol. The van der Waals surface area contributed by atoms with Crippen LogP contribution >= 0.6 is 0 Å². The second-order valence-electron chi connectivity index (χ2n) is 5.32. The molecule has 1 fully saturated rings. The van der Waals surface area contributed by atoms with Crippen LogP contribution in [0, 0.1) is 11.3 Å². The normalized spacial score (nSPS) is 23.9. The van der Waals surface area contributed by atoms with E-state index in [4.69, 9.17) is 5.11 Å². The average Bonchev–Trinajstić information content (AvgIpc) is 2.29. The first-order valence-corrected chi connectivity index (χ1v) is 6.11. The Morgan fingerprint density at radius 1 is 1.62 bits per heavy atom. The summed E-state index contributed by atoms with van der Waals surface area (Å²) in [5, 5.41) is 15.1. The molecule has 1 heterocycles. The van der Waals surface area contributed by atoms with Crippen LogP contribution in [0.4, 0.5) is 0 Å². The molecule has 0 spiro atoms. The topological polar surface area (TPSA) is 61.4 Å². The van der Waals surface area contributed by atoms with Gasteiger partial charge in [-0.2, -0.15) is 0 Å². The number of aliphatic hydroxyl groups excluding tert-OH is 1. The second kappa shape index (κ2) is 5.64. The largest absolute Gasteiger partial charge is 0.394 e. The van der Waals surface area contributed by atoms with Gasteiger partial charge in [0.25, 0.3) is 0 Å². The van der Waals surface area contributed by atoms with E-state index < -0.39 is 0 Å². The molecule has 94 valence electrons. The van der Waals surface area contributed by atoms with Crippen LogP contribution in [0.2, 0.25) is 0 Å². The van der Waals surface area contributed by atoms with Crippen molar-refractivity contribution in [2.45, 2.75) is 39.7 Å². The van der Waals surface area contributed by atoms with Gasteiger partial charge in [-0.05, 0) is 38.8 Å². The van der Waals surface area contributed by atoms with Crippen LogP contribution < -0.4 is 10.6 Å². The third kappa shape index (κ3) is 3.19. The van der Waals surface area contributed by atoms with Gasteiger partial charge in [-0.1, -0.05) is 13.8 Å². The van der Waals surface area contributed by atoms with E-state index in [9.17, 15) is 4.79 Å². The number of aliphatic hydroxyl groups is 1. The molecule has 0 aromatic carbocycles. The summed E-state index contributed by atoms with van der Waals surface area (Å²) in [6.07, 6.45) is 2.23. The van der Waals surface area contributed by atoms with Gasteiger partial charge in [0.1, 0.15) is 0 Å². The quantitative estimate of drug-likeness (QED) is 0.657. The zero-order chi connectivity index (χ0) is 12.2. The molecule has 0 bridgehead atoms. The van der Waals surface area contributed by atoms with E-state index in [0.29, 0.717) is 5.92 Å². The van der Waals surface area contributed by atoms with E-state index in [0.717, 1.165) is 25.9 Å². The fourth-order valence-electron chi connectivity index (χ4n) is 2.11. The van der Waals surface area contributed by atoms with E-state index in [1.165, 1.54) is 0 Å². The first kappa shape index (κ1) is 13.5. The number of hydrogen-bond donors (Lipinski definition) is 3. The van der Waals surface area contributed by atoms with E-state index in [-0.39, 0.29) is 24.0 Å². The monoisotopic (exact) mass is 228 g/mol. The first-order chi connectivity index (χ1) is 7.48. The molecule has 1 unspecified atom stereocenters. The SMILES string of the molecule is C[C@@H](CO)NC(=O)C(C)(C)C1CCCNC1. The molecular formula is C12H24N2O2. The van der Waals surface area contributed by atoms with Crippen LogP contribution in [-0.4, -0.2) is 36.8 Å². The third-order valence-corrected chi connectivity index (χ3v) is 3.55. The highest BCUT2D eigenvalue weighted by molar-refractivity contribution is 5.82. The minimum Gasteiger partial charge on any atom is -0.394 e. The summed E-state index contributed by atoms with van der Waals surface area (Å²) in [5.74, 6) is 0.426. The Balaban J connectivity index is 2.56. The molecule has 1 aliphatic heterocycles. The minimum atomic E-state index is -0.364. The van der Waals surface area contributed by atoms with Crippen molar-refractivity contribution in [2.24, 2.45) is 11.3 Å². The zero-order valence-corrected chi connectivity index (χ0v) is 10.5. The van der Waals surface area contributed by atoms with Crippen LogP contribution in [0.25, 0.3) is 0 Å². The summed E-state index contributed by atoms with van der Waals surface area (Å²) >= 11 is 0. The fourth-order valence-corrected chi connectivity index (χ4v) is 2.11. The zero-order valence-electron chi connectivity index (χ0n) is 10.5. The highest BCUT2D eigenvalue weighted by atomic mass is 16.3. The molecule has 0 aromatic rings. The summed E-state index contributed by atoms with van der Waals surface area (Å²) in [5.41, 5.74) is -0.364. The Hall–Kier alpha value is -0.610. The van der Waals surface area contributed by atoms with Gasteiger partial charge in [-0.3, -0.25) is 4.79 Å². The number of nitrogens with one attached hydrogen (secondary N) is 2. The molecule has 1 rings (SSSR count). The first-order valence-electron chi connectivity index (χ1n) is 6.11. The molecule has 4 nitrogen and oxygen atoms in total. The number of carbonyl (C=O) groups excluding carboxylic acids is 1. The summed E-state index contributed by atoms with van der Waals surface area (Å²) in [4.78, 5) is 12.1. The van der Waals surface area contributed by atoms with Crippen molar-refractivity contribution in [1.29, 1.82) is 0 Å². The Morgan fingerprint density at radius 3 is 2.81 bits per heavy atom. The van der Waals surface area contributed by atoms with Gasteiger partial charge in [0.05, 0.1) is 6.61 Å². The highest BCUT2D eigenvalue weighted by Crippen LogP contribution is 2.31. The summed E-state index contributed by atoms with van der Waals surface area (Å²) < 4.78 is 0. The predicted molar refractivity (Wildman–Crippen MR) is 64.1 cm³/mol. The van der Waals surface area contributed by atoms with Gasteiger partial charge >= 0.3 is 0 Å². The van der Waals surface area contributed by atoms with Crippen molar-refractivity contribution in [3.63, 3.8) is 0 Å². The summed E-state index contributed by atoms with van der Waals surface area (Å²) in [6, 6.07) is -0.164. The summed E-state index contributed by atoms with van der Waals surface area (Å²) in [6.45, 7) is 7.75. The molecule has 0 radical (unpaired) electrons. The maximum Gasteiger partial charge on any atom is 0.226 e. The Morgan fingerprint density at radius 2 is 2.31 bits per heavy atom. The minimum absolute atomic E-state index is 0.00919. The van der Waals surface area contributed by atoms with E-state index >= 15 is 0 Å². The van der Waals surface area contributed by atoms with Crippen LogP contribution in [0.1, 0.15) is 33.6 Å². The lowest BCUT2D eigenvalue weighted by Crippen LogP contribution is -2.49. The maximum absolute atomic E-state index is 12.1. The summed E-state index contributed by atoms with van der Waals surface area (Å²) in [7, 11) is 0. The van der Waals surface area contributed by atoms with Gasteiger partial charge in [0, 0.05) is 11.5 Å². The lowest BCUT2D eigenvalue weighted by Gasteiger charge is -2.36. The third-order valence-electron chi connectivity index (χ3n) is 3.55. The van der Waals surface area contributed by atoms with Crippen molar-refractivity contribution in [3.05, 3.63) is 0 Å². The molecule has 0 aromatic heterocycles. The molecule has 0 aliphatic carbocycles. The number of hydrogen-bond acceptors (Lipinski definition) is 3. The van der Waals surface area contributed by atoms with Crippen molar-refractivity contribution < 1.29 is 9.90 Å². The standard InChI is InChI=1S/C12H24N2O2/c1-9(8-15)14-11(16)12(2,3)10-5-4-6-13-7-10/h9-10,13,15H,4-8H2,1-3H3,(H,14,16)/t9-,10?/m0/s1. The van der Waals surface area contributed by atoms with Gasteiger partial charge in [-0.15, -0.1) is 0 Å². The lowest BCUT2D eigenvalue weighted by atomic mass is 9.74. The lowest BCUT2D eigenvalue weighted by molar-refractivity contribution is -0.133. The van der Waals surface area contributed by atoms with Crippen molar-refractivity contribution in [2.75, 3.05) is 19.7 Å². The van der Waals surface area contributed by atoms with Gasteiger partial charge < -0.3 is 15.7 Å². The number of rotatable bonds is 4. The van der Waals surface area contributed by atoms with Crippen LogP contribution in [0.15, 0.2) is 0 Å². The molecule has 3 N–H and O–H groups in total. The molecule has 4 heteroatoms. The average molecular weight is 228 g/mol. The van der Waals surface area contributed by atoms with E-state index in [1.54, 1.807) is 0 Å². The maximum atomic E-state index is 12.1.